The van der Waals surface area contributed by atoms with Crippen LogP contribution in [0.3, 0.4) is 0 Å². The molecule has 1 atom stereocenters. The Kier molecular flexibility index (Phi) is 7.51. The third kappa shape index (κ3) is 5.90. The first kappa shape index (κ1) is 24.7. The first-order valence-corrected chi connectivity index (χ1v) is 10.9. The number of carbonyl (C=O) groups excluding carboxylic acids is 3. The molecule has 0 amide bonds. The fourth-order valence-electron chi connectivity index (χ4n) is 3.60. The van der Waals surface area contributed by atoms with Crippen molar-refractivity contribution >= 4 is 17.9 Å². The average molecular weight is 461 g/mol. The molecule has 1 aliphatic rings. The van der Waals surface area contributed by atoms with E-state index in [2.05, 4.69) is 25.8 Å². The Labute approximate surface area is 199 Å². The Morgan fingerprint density at radius 2 is 1.35 bits per heavy atom. The summed E-state index contributed by atoms with van der Waals surface area (Å²) in [5.41, 5.74) is 4.76. The van der Waals surface area contributed by atoms with Gasteiger partial charge in [0.25, 0.3) is 0 Å². The molecule has 1 aliphatic carbocycles. The molecule has 176 valence electrons. The van der Waals surface area contributed by atoms with Crippen molar-refractivity contribution < 1.29 is 28.6 Å². The lowest BCUT2D eigenvalue weighted by molar-refractivity contribution is -0.139. The minimum Gasteiger partial charge on any atom is -0.462 e. The van der Waals surface area contributed by atoms with Crippen molar-refractivity contribution in [1.82, 2.24) is 0 Å². The van der Waals surface area contributed by atoms with Crippen molar-refractivity contribution in [3.8, 4) is 22.6 Å². The predicted octanol–water partition coefficient (Wildman–Crippen LogP) is 5.47. The van der Waals surface area contributed by atoms with Crippen molar-refractivity contribution in [3.63, 3.8) is 0 Å². The second-order valence-corrected chi connectivity index (χ2v) is 8.56. The quantitative estimate of drug-likeness (QED) is 0.295. The molecule has 0 spiro atoms. The molecule has 0 N–H and O–H groups in total. The highest BCUT2D eigenvalue weighted by Crippen LogP contribution is 2.38. The van der Waals surface area contributed by atoms with Gasteiger partial charge in [-0.15, -0.1) is 0 Å². The molecule has 1 unspecified atom stereocenters. The van der Waals surface area contributed by atoms with Crippen LogP contribution in [0.2, 0.25) is 0 Å². The van der Waals surface area contributed by atoms with Crippen LogP contribution in [-0.2, 0) is 25.5 Å². The van der Waals surface area contributed by atoms with E-state index in [4.69, 9.17) is 14.2 Å². The summed E-state index contributed by atoms with van der Waals surface area (Å²) in [5.74, 6) is -0.934. The van der Waals surface area contributed by atoms with E-state index >= 15 is 0 Å². The van der Waals surface area contributed by atoms with Gasteiger partial charge in [-0.2, -0.15) is 0 Å². The normalized spacial score (nSPS) is 14.0. The summed E-state index contributed by atoms with van der Waals surface area (Å²) in [6.07, 6.45) is 1.72. The summed E-state index contributed by atoms with van der Waals surface area (Å²) >= 11 is 0. The lowest BCUT2D eigenvalue weighted by Crippen LogP contribution is -2.11. The van der Waals surface area contributed by atoms with E-state index in [0.29, 0.717) is 12.2 Å². The van der Waals surface area contributed by atoms with Gasteiger partial charge in [0.15, 0.2) is 0 Å². The van der Waals surface area contributed by atoms with Crippen LogP contribution in [0, 0.1) is 0 Å². The van der Waals surface area contributed by atoms with Crippen LogP contribution in [0.5, 0.6) is 11.5 Å². The highest BCUT2D eigenvalue weighted by Gasteiger charge is 2.24. The molecular weight excluding hydrogens is 432 g/mol. The second kappa shape index (κ2) is 10.3. The molecule has 2 aromatic carbocycles. The van der Waals surface area contributed by atoms with Crippen LogP contribution in [0.1, 0.15) is 44.2 Å². The van der Waals surface area contributed by atoms with E-state index in [-0.39, 0.29) is 34.5 Å². The molecule has 2 aromatic rings. The number of esters is 3. The van der Waals surface area contributed by atoms with E-state index in [9.17, 15) is 14.4 Å². The van der Waals surface area contributed by atoms with Crippen molar-refractivity contribution in [1.29, 1.82) is 0 Å². The van der Waals surface area contributed by atoms with Crippen LogP contribution in [0.25, 0.3) is 11.1 Å². The second-order valence-electron chi connectivity index (χ2n) is 8.56. The highest BCUT2D eigenvalue weighted by atomic mass is 16.5. The molecule has 0 heterocycles. The van der Waals surface area contributed by atoms with Gasteiger partial charge in [0.2, 0.25) is 0 Å². The fraction of sp³-hybridized carbons (Fsp3) is 0.250. The SMILES string of the molecule is C=C(C)C(=O)OCC1CCc2cc(-c3cc(OC(=O)C(=C)C)cc(OC(=O)C(=C)C)c3)ccc21. The Morgan fingerprint density at radius 3 is 1.88 bits per heavy atom. The molecular formula is C28H28O6. The van der Waals surface area contributed by atoms with Crippen LogP contribution >= 0.6 is 0 Å². The lowest BCUT2D eigenvalue weighted by Gasteiger charge is -2.14. The summed E-state index contributed by atoms with van der Waals surface area (Å²) in [6.45, 7) is 15.9. The van der Waals surface area contributed by atoms with Crippen LogP contribution in [0.4, 0.5) is 0 Å². The third-order valence-corrected chi connectivity index (χ3v) is 5.44. The molecule has 0 aromatic heterocycles. The summed E-state index contributed by atoms with van der Waals surface area (Å²) in [5, 5.41) is 0. The number of ether oxygens (including phenoxy) is 3. The largest absolute Gasteiger partial charge is 0.462 e. The maximum atomic E-state index is 12.1. The summed E-state index contributed by atoms with van der Waals surface area (Å²) in [7, 11) is 0. The average Bonchev–Trinajstić information content (AvgIpc) is 3.19. The van der Waals surface area contributed by atoms with Gasteiger partial charge < -0.3 is 14.2 Å². The van der Waals surface area contributed by atoms with Crippen molar-refractivity contribution in [2.45, 2.75) is 39.5 Å². The molecule has 0 bridgehead atoms. The predicted molar refractivity (Wildman–Crippen MR) is 130 cm³/mol. The Balaban J connectivity index is 1.90. The molecule has 0 fully saturated rings. The zero-order valence-corrected chi connectivity index (χ0v) is 19.7. The zero-order chi connectivity index (χ0) is 25.0. The van der Waals surface area contributed by atoms with E-state index in [0.717, 1.165) is 35.1 Å². The maximum absolute atomic E-state index is 12.1. The first-order chi connectivity index (χ1) is 16.0. The van der Waals surface area contributed by atoms with Gasteiger partial charge in [0, 0.05) is 28.7 Å². The zero-order valence-electron chi connectivity index (χ0n) is 19.7. The van der Waals surface area contributed by atoms with E-state index in [1.54, 1.807) is 32.9 Å². The topological polar surface area (TPSA) is 78.9 Å². The van der Waals surface area contributed by atoms with Crippen molar-refractivity contribution in [2.24, 2.45) is 0 Å². The monoisotopic (exact) mass is 460 g/mol. The molecule has 34 heavy (non-hydrogen) atoms. The molecule has 6 heteroatoms. The van der Waals surface area contributed by atoms with Gasteiger partial charge in [0.1, 0.15) is 11.5 Å². The number of rotatable bonds is 8. The van der Waals surface area contributed by atoms with Gasteiger partial charge >= 0.3 is 17.9 Å². The maximum Gasteiger partial charge on any atom is 0.338 e. The standard InChI is InChI=1S/C28H28O6/c1-16(2)26(29)32-15-21-8-7-20-11-19(9-10-25(20)21)22-12-23(33-27(30)17(3)4)14-24(13-22)34-28(31)18(5)6/h9-14,21H,1,3,5,7-8,15H2,2,4,6H3. The smallest absolute Gasteiger partial charge is 0.338 e. The molecule has 0 radical (unpaired) electrons. The van der Waals surface area contributed by atoms with Crippen LogP contribution < -0.4 is 9.47 Å². The Hall–Kier alpha value is -3.93. The van der Waals surface area contributed by atoms with Crippen molar-refractivity contribution in [3.05, 3.63) is 84.0 Å². The number of hydrogen-bond acceptors (Lipinski definition) is 6. The van der Waals surface area contributed by atoms with Gasteiger partial charge in [-0.3, -0.25) is 0 Å². The minimum atomic E-state index is -0.574. The lowest BCUT2D eigenvalue weighted by atomic mass is 9.97. The molecule has 0 saturated heterocycles. The fourth-order valence-corrected chi connectivity index (χ4v) is 3.60. The number of fused-ring (bicyclic) bond motifs is 1. The van der Waals surface area contributed by atoms with Gasteiger partial charge in [-0.25, -0.2) is 14.4 Å². The van der Waals surface area contributed by atoms with E-state index in [1.165, 1.54) is 6.07 Å². The van der Waals surface area contributed by atoms with Gasteiger partial charge in [-0.05, 0) is 68.0 Å². The highest BCUT2D eigenvalue weighted by molar-refractivity contribution is 5.90. The summed E-state index contributed by atoms with van der Waals surface area (Å²) in [6, 6.07) is 10.9. The summed E-state index contributed by atoms with van der Waals surface area (Å²) in [4.78, 5) is 35.9. The number of hydrogen-bond donors (Lipinski definition) is 0. The molecule has 0 aliphatic heterocycles. The molecule has 0 saturated carbocycles. The van der Waals surface area contributed by atoms with Crippen LogP contribution in [0.15, 0.2) is 72.9 Å². The Morgan fingerprint density at radius 1 is 0.794 bits per heavy atom. The van der Waals surface area contributed by atoms with Gasteiger partial charge in [0.05, 0.1) is 6.61 Å². The third-order valence-electron chi connectivity index (χ3n) is 5.44. The van der Waals surface area contributed by atoms with Gasteiger partial charge in [-0.1, -0.05) is 37.9 Å². The molecule has 6 nitrogen and oxygen atoms in total. The molecule has 3 rings (SSSR count). The Bertz CT molecular complexity index is 1160. The van der Waals surface area contributed by atoms with Crippen molar-refractivity contribution in [2.75, 3.05) is 6.61 Å². The minimum absolute atomic E-state index is 0.127. The number of carbonyl (C=O) groups is 3. The van der Waals surface area contributed by atoms with Crippen LogP contribution in [-0.4, -0.2) is 24.5 Å². The first-order valence-electron chi connectivity index (χ1n) is 10.9. The van der Waals surface area contributed by atoms with E-state index < -0.39 is 11.9 Å². The summed E-state index contributed by atoms with van der Waals surface area (Å²) < 4.78 is 16.1. The number of aryl methyl sites for hydroxylation is 1. The number of benzene rings is 2. The van der Waals surface area contributed by atoms with E-state index in [1.807, 2.05) is 12.1 Å².